The Morgan fingerprint density at radius 2 is 2.25 bits per heavy atom. The summed E-state index contributed by atoms with van der Waals surface area (Å²) in [6, 6.07) is 2.36. The van der Waals surface area contributed by atoms with Crippen LogP contribution in [0.3, 0.4) is 0 Å². The molecule has 12 heavy (non-hydrogen) atoms. The number of alkyl halides is 2. The van der Waals surface area contributed by atoms with E-state index in [-0.39, 0.29) is 0 Å². The van der Waals surface area contributed by atoms with Crippen LogP contribution in [0.25, 0.3) is 0 Å². The average Bonchev–Trinajstić information content (AvgIpc) is 2.04. The van der Waals surface area contributed by atoms with Gasteiger partial charge in [0.1, 0.15) is 0 Å². The molecule has 0 saturated carbocycles. The third kappa shape index (κ3) is 1.83. The van der Waals surface area contributed by atoms with Crippen LogP contribution in [-0.4, -0.2) is 13.7 Å². The van der Waals surface area contributed by atoms with Crippen molar-refractivity contribution in [2.75, 3.05) is 0 Å². The van der Waals surface area contributed by atoms with E-state index in [1.807, 2.05) is 0 Å². The lowest BCUT2D eigenvalue weighted by molar-refractivity contribution is 0.147. The van der Waals surface area contributed by atoms with Crippen molar-refractivity contribution >= 4 is 11.1 Å². The molecule has 1 aromatic rings. The number of aromatic nitrogens is 1. The van der Waals surface area contributed by atoms with Crippen molar-refractivity contribution in [1.82, 2.24) is 4.98 Å². The zero-order valence-electron chi connectivity index (χ0n) is 5.78. The molecule has 0 bridgehead atoms. The summed E-state index contributed by atoms with van der Waals surface area (Å²) in [5.41, 5.74) is -0.502. The number of halogens is 2. The molecule has 66 valence electrons. The fourth-order valence-corrected chi connectivity index (χ4v) is 1.23. The first-order chi connectivity index (χ1) is 5.63. The fourth-order valence-electron chi connectivity index (χ4n) is 0.715. The summed E-state index contributed by atoms with van der Waals surface area (Å²) in [6.45, 7) is 0. The molecule has 1 atom stereocenters. The molecule has 1 unspecified atom stereocenters. The van der Waals surface area contributed by atoms with Gasteiger partial charge in [-0.15, -0.1) is 0 Å². The van der Waals surface area contributed by atoms with Crippen molar-refractivity contribution in [2.24, 2.45) is 0 Å². The maximum Gasteiger partial charge on any atom is 0.266 e. The number of pyridine rings is 1. The topological polar surface area (TPSA) is 50.2 Å². The molecule has 6 heteroatoms. The van der Waals surface area contributed by atoms with Gasteiger partial charge in [0.2, 0.25) is 11.1 Å². The second kappa shape index (κ2) is 3.68. The lowest BCUT2D eigenvalue weighted by atomic mass is 10.3. The number of nitrogens with zero attached hydrogens (tertiary/aromatic N) is 1. The van der Waals surface area contributed by atoms with Crippen molar-refractivity contribution in [3.63, 3.8) is 0 Å². The van der Waals surface area contributed by atoms with Crippen molar-refractivity contribution in [3.05, 3.63) is 23.9 Å². The third-order valence-corrected chi connectivity index (χ3v) is 1.87. The second-order valence-electron chi connectivity index (χ2n) is 1.95. The van der Waals surface area contributed by atoms with Crippen LogP contribution in [0.1, 0.15) is 12.0 Å². The minimum absolute atomic E-state index is 0.479. The van der Waals surface area contributed by atoms with Gasteiger partial charge in [0, 0.05) is 6.20 Å². The van der Waals surface area contributed by atoms with Crippen molar-refractivity contribution in [1.29, 1.82) is 0 Å². The minimum Gasteiger partial charge on any atom is -0.301 e. The zero-order chi connectivity index (χ0) is 9.14. The lowest BCUT2D eigenvalue weighted by Gasteiger charge is -2.01. The molecule has 3 nitrogen and oxygen atoms in total. The number of hydrogen-bond acceptors (Lipinski definition) is 2. The van der Waals surface area contributed by atoms with Gasteiger partial charge in [0.05, 0.1) is 5.56 Å². The highest BCUT2D eigenvalue weighted by molar-refractivity contribution is 7.79. The second-order valence-corrected chi connectivity index (χ2v) is 2.83. The van der Waals surface area contributed by atoms with E-state index in [0.29, 0.717) is 0 Å². The molecule has 0 saturated heterocycles. The molecule has 0 aliphatic rings. The summed E-state index contributed by atoms with van der Waals surface area (Å²) in [7, 11) is 0. The Bertz CT molecular complexity index is 305. The van der Waals surface area contributed by atoms with E-state index >= 15 is 0 Å². The molecule has 0 aliphatic heterocycles. The van der Waals surface area contributed by atoms with Crippen LogP contribution < -0.4 is 0 Å². The Morgan fingerprint density at radius 3 is 2.67 bits per heavy atom. The van der Waals surface area contributed by atoms with Gasteiger partial charge >= 0.3 is 0 Å². The van der Waals surface area contributed by atoms with E-state index in [2.05, 4.69) is 4.98 Å². The molecule has 1 N–H and O–H groups in total. The minimum atomic E-state index is -2.77. The smallest absolute Gasteiger partial charge is 0.266 e. The lowest BCUT2D eigenvalue weighted by Crippen LogP contribution is -1.99. The van der Waals surface area contributed by atoms with Gasteiger partial charge in [0.25, 0.3) is 6.43 Å². The molecule has 1 rings (SSSR count). The summed E-state index contributed by atoms with van der Waals surface area (Å²) < 4.78 is 43.2. The van der Waals surface area contributed by atoms with Gasteiger partial charge in [0.15, 0.2) is 5.03 Å². The van der Waals surface area contributed by atoms with E-state index in [4.69, 9.17) is 4.55 Å². The zero-order valence-corrected chi connectivity index (χ0v) is 6.59. The van der Waals surface area contributed by atoms with Crippen molar-refractivity contribution in [2.45, 2.75) is 11.5 Å². The van der Waals surface area contributed by atoms with Gasteiger partial charge in [-0.2, -0.15) is 0 Å². The predicted octanol–water partition coefficient (Wildman–Crippen LogP) is 1.60. The van der Waals surface area contributed by atoms with Crippen LogP contribution in [0, 0.1) is 0 Å². The maximum absolute atomic E-state index is 12.1. The Hall–Kier alpha value is -0.880. The molecule has 0 spiro atoms. The molecular weight excluding hydrogens is 188 g/mol. The summed E-state index contributed by atoms with van der Waals surface area (Å²) in [4.78, 5) is 3.37. The normalized spacial score (nSPS) is 13.3. The molecule has 1 heterocycles. The van der Waals surface area contributed by atoms with Gasteiger partial charge < -0.3 is 4.55 Å². The highest BCUT2D eigenvalue weighted by Crippen LogP contribution is 2.22. The van der Waals surface area contributed by atoms with Gasteiger partial charge in [-0.25, -0.2) is 18.0 Å². The molecule has 1 aromatic heterocycles. The summed E-state index contributed by atoms with van der Waals surface area (Å²) in [5, 5.41) is -0.479. The summed E-state index contributed by atoms with van der Waals surface area (Å²) in [6.07, 6.45) is -1.58. The number of hydrogen-bond donors (Lipinski definition) is 1. The fraction of sp³-hybridized carbons (Fsp3) is 0.167. The van der Waals surface area contributed by atoms with Gasteiger partial charge in [-0.1, -0.05) is 0 Å². The largest absolute Gasteiger partial charge is 0.301 e. The Morgan fingerprint density at radius 1 is 1.58 bits per heavy atom. The van der Waals surface area contributed by atoms with E-state index < -0.39 is 28.1 Å². The number of rotatable bonds is 2. The van der Waals surface area contributed by atoms with Crippen molar-refractivity contribution < 1.29 is 17.5 Å². The summed E-state index contributed by atoms with van der Waals surface area (Å²) >= 11 is -2.45. The van der Waals surface area contributed by atoms with E-state index in [9.17, 15) is 13.0 Å². The van der Waals surface area contributed by atoms with Gasteiger partial charge in [-0.3, -0.25) is 0 Å². The van der Waals surface area contributed by atoms with Crippen LogP contribution in [-0.2, 0) is 11.1 Å². The predicted molar refractivity (Wildman–Crippen MR) is 38.2 cm³/mol. The quantitative estimate of drug-likeness (QED) is 0.726. The molecule has 0 aromatic carbocycles. The molecule has 0 radical (unpaired) electrons. The molecular formula is C6H5F2NO2S. The van der Waals surface area contributed by atoms with Crippen LogP contribution >= 0.6 is 0 Å². The molecule has 0 amide bonds. The first-order valence-electron chi connectivity index (χ1n) is 2.97. The third-order valence-electron chi connectivity index (χ3n) is 1.20. The Balaban J connectivity index is 3.17. The summed E-state index contributed by atoms with van der Waals surface area (Å²) in [5.74, 6) is 0. The van der Waals surface area contributed by atoms with Crippen molar-refractivity contribution in [3.8, 4) is 0 Å². The van der Waals surface area contributed by atoms with E-state index in [1.165, 1.54) is 12.3 Å². The SMILES string of the molecule is O=S(O)c1ncccc1C(F)F. The highest BCUT2D eigenvalue weighted by Gasteiger charge is 2.16. The first kappa shape index (κ1) is 9.21. The average molecular weight is 193 g/mol. The van der Waals surface area contributed by atoms with Gasteiger partial charge in [-0.05, 0) is 12.1 Å². The van der Waals surface area contributed by atoms with Crippen LogP contribution in [0.2, 0.25) is 0 Å². The molecule has 0 fully saturated rings. The maximum atomic E-state index is 12.1. The van der Waals surface area contributed by atoms with Crippen LogP contribution in [0.5, 0.6) is 0 Å². The standard InChI is InChI=1S/C6H5F2NO2S/c7-5(8)4-2-1-3-9-6(4)12(10)11/h1-3,5H,(H,10,11). The Kier molecular flexibility index (Phi) is 2.83. The van der Waals surface area contributed by atoms with Crippen LogP contribution in [0.4, 0.5) is 8.78 Å². The Labute approximate surface area is 69.7 Å². The first-order valence-corrected chi connectivity index (χ1v) is 4.07. The highest BCUT2D eigenvalue weighted by atomic mass is 32.2. The monoisotopic (exact) mass is 193 g/mol. The van der Waals surface area contributed by atoms with E-state index in [1.54, 1.807) is 0 Å². The van der Waals surface area contributed by atoms with Crippen LogP contribution in [0.15, 0.2) is 23.4 Å². The van der Waals surface area contributed by atoms with E-state index in [0.717, 1.165) is 6.07 Å². The molecule has 0 aliphatic carbocycles.